The van der Waals surface area contributed by atoms with Gasteiger partial charge in [0.25, 0.3) is 0 Å². The van der Waals surface area contributed by atoms with Gasteiger partial charge in [0.2, 0.25) is 0 Å². The Bertz CT molecular complexity index is 309. The second-order valence-electron chi connectivity index (χ2n) is 4.00. The van der Waals surface area contributed by atoms with Crippen molar-refractivity contribution in [3.63, 3.8) is 0 Å². The zero-order valence-corrected chi connectivity index (χ0v) is 10.3. The first-order valence-corrected chi connectivity index (χ1v) is 5.63. The maximum atomic E-state index is 5.21. The summed E-state index contributed by atoms with van der Waals surface area (Å²) >= 11 is 5.21. The predicted molar refractivity (Wildman–Crippen MR) is 70.1 cm³/mol. The molecule has 0 saturated heterocycles. The summed E-state index contributed by atoms with van der Waals surface area (Å²) in [7, 11) is 0. The molecule has 0 bridgehead atoms. The highest BCUT2D eigenvalue weighted by Crippen LogP contribution is 2.05. The van der Waals surface area contributed by atoms with Crippen LogP contribution in [0.25, 0.3) is 0 Å². The Hall–Kier alpha value is -1.09. The molecule has 0 aliphatic rings. The van der Waals surface area contributed by atoms with Crippen LogP contribution in [0.4, 0.5) is 5.69 Å². The maximum absolute atomic E-state index is 5.21. The molecule has 0 aliphatic carbocycles. The number of thiocarbonyl (C=S) groups is 1. The zero-order chi connectivity index (χ0) is 11.3. The fourth-order valence-corrected chi connectivity index (χ4v) is 1.37. The molecule has 0 heterocycles. The minimum absolute atomic E-state index is 0.383. The summed E-state index contributed by atoms with van der Waals surface area (Å²) in [5, 5.41) is 7.08. The average Bonchev–Trinajstić information content (AvgIpc) is 2.18. The molecule has 2 N–H and O–H groups in total. The second-order valence-corrected chi connectivity index (χ2v) is 4.41. The molecule has 1 atom stereocenters. The van der Waals surface area contributed by atoms with E-state index in [4.69, 9.17) is 12.2 Å². The minimum Gasteiger partial charge on any atom is -0.360 e. The Balaban J connectivity index is 2.43. The molecule has 0 fully saturated rings. The van der Waals surface area contributed by atoms with Gasteiger partial charge in [0.15, 0.2) is 5.11 Å². The van der Waals surface area contributed by atoms with E-state index in [0.717, 1.165) is 5.69 Å². The van der Waals surface area contributed by atoms with Crippen LogP contribution in [0.2, 0.25) is 0 Å². The van der Waals surface area contributed by atoms with Crippen LogP contribution in [-0.2, 0) is 0 Å². The summed E-state index contributed by atoms with van der Waals surface area (Å²) < 4.78 is 0. The first kappa shape index (κ1) is 12.0. The Morgan fingerprint density at radius 2 is 1.73 bits per heavy atom. The number of benzene rings is 1. The van der Waals surface area contributed by atoms with Gasteiger partial charge in [0, 0.05) is 11.7 Å². The van der Waals surface area contributed by atoms with Crippen LogP contribution in [0.15, 0.2) is 30.3 Å². The zero-order valence-electron chi connectivity index (χ0n) is 9.45. The Labute approximate surface area is 97.1 Å². The van der Waals surface area contributed by atoms with Crippen LogP contribution in [0.5, 0.6) is 0 Å². The molecule has 0 aliphatic heterocycles. The fourth-order valence-electron chi connectivity index (χ4n) is 1.06. The molecule has 0 aromatic heterocycles. The third kappa shape index (κ3) is 4.30. The summed E-state index contributed by atoms with van der Waals surface area (Å²) in [6.07, 6.45) is 0. The van der Waals surface area contributed by atoms with Gasteiger partial charge in [-0.3, -0.25) is 0 Å². The van der Waals surface area contributed by atoms with Gasteiger partial charge >= 0.3 is 0 Å². The van der Waals surface area contributed by atoms with Crippen LogP contribution >= 0.6 is 12.2 Å². The summed E-state index contributed by atoms with van der Waals surface area (Å²) in [4.78, 5) is 0. The standard InChI is InChI=1S/C12H18N2S/c1-9(2)10(3)13-12(15)14-11-7-5-4-6-8-11/h4-10H,1-3H3,(H2,13,14,15)/t10-/m1/s1. The van der Waals surface area contributed by atoms with E-state index in [1.54, 1.807) is 0 Å². The van der Waals surface area contributed by atoms with E-state index < -0.39 is 0 Å². The van der Waals surface area contributed by atoms with Gasteiger partial charge in [-0.25, -0.2) is 0 Å². The monoisotopic (exact) mass is 222 g/mol. The molecule has 15 heavy (non-hydrogen) atoms. The summed E-state index contributed by atoms with van der Waals surface area (Å²) in [6, 6.07) is 10.3. The Kier molecular flexibility index (Phi) is 4.56. The van der Waals surface area contributed by atoms with Crippen molar-refractivity contribution in [2.75, 3.05) is 5.32 Å². The van der Waals surface area contributed by atoms with Crippen molar-refractivity contribution in [2.45, 2.75) is 26.8 Å². The lowest BCUT2D eigenvalue weighted by molar-refractivity contribution is 0.489. The number of hydrogen-bond donors (Lipinski definition) is 2. The third-order valence-corrected chi connectivity index (χ3v) is 2.61. The van der Waals surface area contributed by atoms with Crippen LogP contribution in [0.3, 0.4) is 0 Å². The van der Waals surface area contributed by atoms with E-state index in [1.165, 1.54) is 0 Å². The van der Waals surface area contributed by atoms with Crippen molar-refractivity contribution >= 4 is 23.0 Å². The number of nitrogens with one attached hydrogen (secondary N) is 2. The second kappa shape index (κ2) is 5.71. The molecule has 0 spiro atoms. The van der Waals surface area contributed by atoms with E-state index in [1.807, 2.05) is 30.3 Å². The Morgan fingerprint density at radius 1 is 1.13 bits per heavy atom. The van der Waals surface area contributed by atoms with Gasteiger partial charge < -0.3 is 10.6 Å². The van der Waals surface area contributed by atoms with Crippen LogP contribution in [-0.4, -0.2) is 11.2 Å². The first-order valence-electron chi connectivity index (χ1n) is 5.22. The van der Waals surface area contributed by atoms with Gasteiger partial charge in [0.05, 0.1) is 0 Å². The van der Waals surface area contributed by atoms with Gasteiger partial charge in [-0.1, -0.05) is 32.0 Å². The lowest BCUT2D eigenvalue weighted by Gasteiger charge is -2.19. The fraction of sp³-hybridized carbons (Fsp3) is 0.417. The van der Waals surface area contributed by atoms with E-state index in [0.29, 0.717) is 17.1 Å². The number of anilines is 1. The topological polar surface area (TPSA) is 24.1 Å². The molecule has 2 nitrogen and oxygen atoms in total. The summed E-state index contributed by atoms with van der Waals surface area (Å²) in [5.41, 5.74) is 1.02. The van der Waals surface area contributed by atoms with Gasteiger partial charge in [-0.05, 0) is 37.2 Å². The van der Waals surface area contributed by atoms with E-state index in [2.05, 4.69) is 31.4 Å². The lowest BCUT2D eigenvalue weighted by Crippen LogP contribution is -2.38. The molecular weight excluding hydrogens is 204 g/mol. The van der Waals surface area contributed by atoms with Crippen molar-refractivity contribution < 1.29 is 0 Å². The summed E-state index contributed by atoms with van der Waals surface area (Å²) in [6.45, 7) is 6.47. The molecule has 0 radical (unpaired) electrons. The van der Waals surface area contributed by atoms with Crippen LogP contribution < -0.4 is 10.6 Å². The van der Waals surface area contributed by atoms with Crippen LogP contribution in [0.1, 0.15) is 20.8 Å². The average molecular weight is 222 g/mol. The number of rotatable bonds is 3. The normalized spacial score (nSPS) is 12.3. The van der Waals surface area contributed by atoms with Gasteiger partial charge in [0.1, 0.15) is 0 Å². The van der Waals surface area contributed by atoms with Crippen molar-refractivity contribution in [3.05, 3.63) is 30.3 Å². The van der Waals surface area contributed by atoms with Gasteiger partial charge in [-0.15, -0.1) is 0 Å². The molecule has 1 aromatic rings. The minimum atomic E-state index is 0.383. The lowest BCUT2D eigenvalue weighted by atomic mass is 10.1. The van der Waals surface area contributed by atoms with Crippen molar-refractivity contribution in [1.82, 2.24) is 5.32 Å². The molecule has 0 amide bonds. The van der Waals surface area contributed by atoms with Gasteiger partial charge in [-0.2, -0.15) is 0 Å². The summed E-state index contributed by atoms with van der Waals surface area (Å²) in [5.74, 6) is 0.570. The maximum Gasteiger partial charge on any atom is 0.170 e. The molecule has 1 aromatic carbocycles. The van der Waals surface area contributed by atoms with E-state index >= 15 is 0 Å². The molecule has 1 rings (SSSR count). The van der Waals surface area contributed by atoms with Crippen LogP contribution in [0, 0.1) is 5.92 Å². The highest BCUT2D eigenvalue weighted by atomic mass is 32.1. The third-order valence-electron chi connectivity index (χ3n) is 2.39. The number of hydrogen-bond acceptors (Lipinski definition) is 1. The quantitative estimate of drug-likeness (QED) is 0.769. The van der Waals surface area contributed by atoms with E-state index in [-0.39, 0.29) is 0 Å². The highest BCUT2D eigenvalue weighted by molar-refractivity contribution is 7.80. The smallest absolute Gasteiger partial charge is 0.170 e. The van der Waals surface area contributed by atoms with Crippen molar-refractivity contribution in [2.24, 2.45) is 5.92 Å². The van der Waals surface area contributed by atoms with E-state index in [9.17, 15) is 0 Å². The Morgan fingerprint density at radius 3 is 2.27 bits per heavy atom. The number of para-hydroxylation sites is 1. The molecule has 82 valence electrons. The van der Waals surface area contributed by atoms with Crippen molar-refractivity contribution in [1.29, 1.82) is 0 Å². The molecular formula is C12H18N2S. The van der Waals surface area contributed by atoms with Crippen molar-refractivity contribution in [3.8, 4) is 0 Å². The predicted octanol–water partition coefficient (Wildman–Crippen LogP) is 3.02. The first-order chi connectivity index (χ1) is 7.09. The largest absolute Gasteiger partial charge is 0.360 e. The molecule has 0 unspecified atom stereocenters. The SMILES string of the molecule is CC(C)[C@@H](C)NC(=S)Nc1ccccc1. The highest BCUT2D eigenvalue weighted by Gasteiger charge is 2.07. The molecule has 3 heteroatoms. The molecule has 0 saturated carbocycles.